The smallest absolute Gasteiger partial charge is 0.183 e. The van der Waals surface area contributed by atoms with Gasteiger partial charge in [-0.25, -0.2) is 9.97 Å². The van der Waals surface area contributed by atoms with Gasteiger partial charge < -0.3 is 5.73 Å². The maximum atomic E-state index is 8.79. The third kappa shape index (κ3) is 1.95. The number of aromatic nitrogens is 2. The van der Waals surface area contributed by atoms with E-state index >= 15 is 0 Å². The summed E-state index contributed by atoms with van der Waals surface area (Å²) in [7, 11) is 0. The highest BCUT2D eigenvalue weighted by Gasteiger charge is 2.05. The van der Waals surface area contributed by atoms with Crippen molar-refractivity contribution in [3.05, 3.63) is 41.2 Å². The van der Waals surface area contributed by atoms with Crippen molar-refractivity contribution in [3.63, 3.8) is 0 Å². The fourth-order valence-corrected chi connectivity index (χ4v) is 1.46. The number of nitriles is 1. The van der Waals surface area contributed by atoms with Crippen molar-refractivity contribution >= 4 is 17.4 Å². The number of hydrogen-bond donors (Lipinski definition) is 1. The van der Waals surface area contributed by atoms with Crippen LogP contribution in [0.2, 0.25) is 5.02 Å². The van der Waals surface area contributed by atoms with E-state index in [-0.39, 0.29) is 11.5 Å². The van der Waals surface area contributed by atoms with Crippen LogP contribution < -0.4 is 5.73 Å². The van der Waals surface area contributed by atoms with Crippen molar-refractivity contribution in [1.29, 1.82) is 5.26 Å². The molecule has 2 aromatic rings. The summed E-state index contributed by atoms with van der Waals surface area (Å²) in [5.41, 5.74) is 6.99. The second-order valence-corrected chi connectivity index (χ2v) is 3.55. The highest BCUT2D eigenvalue weighted by Crippen LogP contribution is 2.21. The molecule has 5 heteroatoms. The maximum absolute atomic E-state index is 8.79. The summed E-state index contributed by atoms with van der Waals surface area (Å²) in [4.78, 5) is 8.00. The van der Waals surface area contributed by atoms with Crippen LogP contribution in [0.3, 0.4) is 0 Å². The van der Waals surface area contributed by atoms with Crippen molar-refractivity contribution in [3.8, 4) is 17.3 Å². The summed E-state index contributed by atoms with van der Waals surface area (Å²) < 4.78 is 0. The van der Waals surface area contributed by atoms with E-state index in [0.717, 1.165) is 5.56 Å². The monoisotopic (exact) mass is 230 g/mol. The summed E-state index contributed by atoms with van der Waals surface area (Å²) in [6.07, 6.45) is 1.52. The van der Waals surface area contributed by atoms with E-state index in [9.17, 15) is 0 Å². The Morgan fingerprint density at radius 1 is 1.38 bits per heavy atom. The van der Waals surface area contributed by atoms with Crippen LogP contribution in [0.15, 0.2) is 30.5 Å². The summed E-state index contributed by atoms with van der Waals surface area (Å²) in [5.74, 6) is 0.133. The zero-order chi connectivity index (χ0) is 11.5. The highest BCUT2D eigenvalue weighted by atomic mass is 35.5. The Morgan fingerprint density at radius 3 is 2.88 bits per heavy atom. The Morgan fingerprint density at radius 2 is 2.19 bits per heavy atom. The van der Waals surface area contributed by atoms with Crippen LogP contribution in [0.25, 0.3) is 11.3 Å². The van der Waals surface area contributed by atoms with Gasteiger partial charge >= 0.3 is 0 Å². The van der Waals surface area contributed by atoms with Gasteiger partial charge in [0.2, 0.25) is 0 Å². The van der Waals surface area contributed by atoms with Crippen LogP contribution in [0.5, 0.6) is 0 Å². The lowest BCUT2D eigenvalue weighted by molar-refractivity contribution is 1.18. The molecule has 2 N–H and O–H groups in total. The minimum absolute atomic E-state index is 0.123. The molecule has 16 heavy (non-hydrogen) atoms. The molecule has 0 bridgehead atoms. The van der Waals surface area contributed by atoms with E-state index < -0.39 is 0 Å². The Labute approximate surface area is 97.3 Å². The number of anilines is 1. The summed E-state index contributed by atoms with van der Waals surface area (Å²) in [6, 6.07) is 9.05. The molecule has 1 heterocycles. The largest absolute Gasteiger partial charge is 0.381 e. The lowest BCUT2D eigenvalue weighted by Gasteiger charge is -2.02. The molecule has 0 aliphatic heterocycles. The number of nitrogens with zero attached hydrogens (tertiary/aromatic N) is 3. The molecule has 0 spiro atoms. The molecule has 0 atom stereocenters. The highest BCUT2D eigenvalue weighted by molar-refractivity contribution is 6.30. The maximum Gasteiger partial charge on any atom is 0.183 e. The second kappa shape index (κ2) is 4.17. The van der Waals surface area contributed by atoms with E-state index in [2.05, 4.69) is 9.97 Å². The number of nitrogens with two attached hydrogens (primary N) is 1. The van der Waals surface area contributed by atoms with Crippen molar-refractivity contribution in [2.75, 3.05) is 5.73 Å². The first-order chi connectivity index (χ1) is 7.70. The number of benzene rings is 1. The minimum atomic E-state index is 0.123. The van der Waals surface area contributed by atoms with Gasteiger partial charge in [-0.2, -0.15) is 5.26 Å². The van der Waals surface area contributed by atoms with Crippen LogP contribution in [0.1, 0.15) is 5.69 Å². The first-order valence-electron chi connectivity index (χ1n) is 4.49. The van der Waals surface area contributed by atoms with E-state index in [0.29, 0.717) is 10.7 Å². The normalized spacial score (nSPS) is 9.75. The number of halogens is 1. The lowest BCUT2D eigenvalue weighted by Crippen LogP contribution is -1.98. The van der Waals surface area contributed by atoms with E-state index in [1.807, 2.05) is 18.2 Å². The van der Waals surface area contributed by atoms with E-state index in [1.54, 1.807) is 12.1 Å². The Bertz CT molecular complexity index is 574. The minimum Gasteiger partial charge on any atom is -0.381 e. The molecule has 78 valence electrons. The predicted molar refractivity (Wildman–Crippen MR) is 61.6 cm³/mol. The van der Waals surface area contributed by atoms with Gasteiger partial charge in [0.05, 0.1) is 11.9 Å². The van der Waals surface area contributed by atoms with Crippen LogP contribution in [0.4, 0.5) is 5.82 Å². The molecule has 0 unspecified atom stereocenters. The van der Waals surface area contributed by atoms with Gasteiger partial charge in [0, 0.05) is 10.6 Å². The molecule has 1 aromatic carbocycles. The molecular weight excluding hydrogens is 224 g/mol. The lowest BCUT2D eigenvalue weighted by atomic mass is 10.1. The summed E-state index contributed by atoms with van der Waals surface area (Å²) in [6.45, 7) is 0. The predicted octanol–water partition coefficient (Wildman–Crippen LogP) is 2.25. The zero-order valence-electron chi connectivity index (χ0n) is 8.18. The zero-order valence-corrected chi connectivity index (χ0v) is 8.94. The summed E-state index contributed by atoms with van der Waals surface area (Å²) in [5, 5.41) is 9.39. The molecule has 0 aliphatic rings. The van der Waals surface area contributed by atoms with Gasteiger partial charge in [-0.3, -0.25) is 0 Å². The van der Waals surface area contributed by atoms with Crippen LogP contribution in [-0.2, 0) is 0 Å². The number of rotatable bonds is 1. The third-order valence-electron chi connectivity index (χ3n) is 2.03. The average Bonchev–Trinajstić information content (AvgIpc) is 2.29. The van der Waals surface area contributed by atoms with Crippen molar-refractivity contribution in [2.24, 2.45) is 0 Å². The Hall–Kier alpha value is -2.12. The third-order valence-corrected chi connectivity index (χ3v) is 2.26. The molecule has 0 saturated carbocycles. The van der Waals surface area contributed by atoms with Gasteiger partial charge in [0.15, 0.2) is 11.5 Å². The standard InChI is InChI=1S/C11H7ClN4/c12-8-3-1-2-7(4-8)10-6-15-11(14)9(5-13)16-10/h1-4,6H,(H2,14,15). The van der Waals surface area contributed by atoms with Crippen molar-refractivity contribution in [2.45, 2.75) is 0 Å². The molecule has 1 aromatic heterocycles. The van der Waals surface area contributed by atoms with Gasteiger partial charge in [0.25, 0.3) is 0 Å². The average molecular weight is 231 g/mol. The Kier molecular flexibility index (Phi) is 2.71. The molecule has 0 saturated heterocycles. The first kappa shape index (κ1) is 10.4. The molecule has 0 aliphatic carbocycles. The number of hydrogen-bond acceptors (Lipinski definition) is 4. The van der Waals surface area contributed by atoms with Crippen molar-refractivity contribution in [1.82, 2.24) is 9.97 Å². The van der Waals surface area contributed by atoms with E-state index in [4.69, 9.17) is 22.6 Å². The van der Waals surface area contributed by atoms with Crippen LogP contribution in [0, 0.1) is 11.3 Å². The first-order valence-corrected chi connectivity index (χ1v) is 4.87. The Balaban J connectivity index is 2.54. The molecule has 0 radical (unpaired) electrons. The van der Waals surface area contributed by atoms with Gasteiger partial charge in [-0.15, -0.1) is 0 Å². The topological polar surface area (TPSA) is 75.6 Å². The van der Waals surface area contributed by atoms with Crippen LogP contribution in [-0.4, -0.2) is 9.97 Å². The molecule has 0 fully saturated rings. The summed E-state index contributed by atoms with van der Waals surface area (Å²) >= 11 is 5.86. The van der Waals surface area contributed by atoms with Gasteiger partial charge in [0.1, 0.15) is 6.07 Å². The fraction of sp³-hybridized carbons (Fsp3) is 0. The second-order valence-electron chi connectivity index (χ2n) is 3.11. The molecular formula is C11H7ClN4. The molecule has 2 rings (SSSR count). The molecule has 0 amide bonds. The quantitative estimate of drug-likeness (QED) is 0.815. The van der Waals surface area contributed by atoms with Gasteiger partial charge in [-0.1, -0.05) is 23.7 Å². The number of nitrogen functional groups attached to an aromatic ring is 1. The molecule has 4 nitrogen and oxygen atoms in total. The van der Waals surface area contributed by atoms with Gasteiger partial charge in [-0.05, 0) is 12.1 Å². The fourth-order valence-electron chi connectivity index (χ4n) is 1.27. The SMILES string of the molecule is N#Cc1nc(-c2cccc(Cl)c2)cnc1N. The van der Waals surface area contributed by atoms with E-state index in [1.165, 1.54) is 6.20 Å². The van der Waals surface area contributed by atoms with Crippen LogP contribution >= 0.6 is 11.6 Å². The van der Waals surface area contributed by atoms with Crippen molar-refractivity contribution < 1.29 is 0 Å².